The van der Waals surface area contributed by atoms with Crippen LogP contribution >= 0.6 is 0 Å². The van der Waals surface area contributed by atoms with Gasteiger partial charge >= 0.3 is 11.3 Å². The summed E-state index contributed by atoms with van der Waals surface area (Å²) >= 11 is 0. The summed E-state index contributed by atoms with van der Waals surface area (Å²) in [6, 6.07) is 1.23. The van der Waals surface area contributed by atoms with Crippen LogP contribution in [-0.4, -0.2) is 9.55 Å². The minimum Gasteiger partial charge on any atom is -0.405 e. The van der Waals surface area contributed by atoms with Gasteiger partial charge in [0.05, 0.1) is 0 Å². The highest BCUT2D eigenvalue weighted by Gasteiger charge is 2.14. The normalized spacial score (nSPS) is 11.1. The highest BCUT2D eigenvalue weighted by atomic mass is 19.1. The Morgan fingerprint density at radius 2 is 2.00 bits per heavy atom. The molecule has 0 aromatic carbocycles. The van der Waals surface area contributed by atoms with E-state index in [1.165, 1.54) is 6.07 Å². The number of fused-ring (bicyclic) bond motifs is 1. The third-order valence-electron chi connectivity index (χ3n) is 3.39. The van der Waals surface area contributed by atoms with Crippen molar-refractivity contribution in [2.45, 2.75) is 45.8 Å². The highest BCUT2D eigenvalue weighted by molar-refractivity contribution is 5.75. The molecule has 0 aliphatic carbocycles. The summed E-state index contributed by atoms with van der Waals surface area (Å²) in [7, 11) is 0. The van der Waals surface area contributed by atoms with Crippen molar-refractivity contribution >= 4 is 11.1 Å². The zero-order valence-electron chi connectivity index (χ0n) is 11.8. The lowest BCUT2D eigenvalue weighted by molar-refractivity contribution is 0.358. The van der Waals surface area contributed by atoms with Gasteiger partial charge in [0.2, 0.25) is 5.71 Å². The topological polar surface area (TPSA) is 85.1 Å². The van der Waals surface area contributed by atoms with E-state index in [1.54, 1.807) is 0 Å². The molecule has 2 aromatic rings. The zero-order valence-corrected chi connectivity index (χ0v) is 11.8. The number of halogens is 1. The maximum absolute atomic E-state index is 12.8. The Morgan fingerprint density at radius 3 is 2.67 bits per heavy atom. The summed E-state index contributed by atoms with van der Waals surface area (Å²) in [5, 5.41) is 0.0725. The summed E-state index contributed by atoms with van der Waals surface area (Å²) in [5.74, 6) is 0. The zero-order chi connectivity index (χ0) is 15.4. The number of hydrogen-bond donors (Lipinski definition) is 1. The number of aryl methyl sites for hydroxylation is 1. The molecule has 0 saturated heterocycles. The van der Waals surface area contributed by atoms with Crippen molar-refractivity contribution < 1.29 is 8.81 Å². The summed E-state index contributed by atoms with van der Waals surface area (Å²) in [5.41, 5.74) is -2.04. The average Bonchev–Trinajstić information content (AvgIpc) is 2.43. The number of aromatic nitrogens is 2. The molecule has 0 bridgehead atoms. The molecule has 0 amide bonds. The molecular formula is C14H17FN2O4. The molecule has 2 heterocycles. The molecule has 6 nitrogen and oxygen atoms in total. The van der Waals surface area contributed by atoms with Gasteiger partial charge in [0.1, 0.15) is 5.39 Å². The van der Waals surface area contributed by atoms with Crippen LogP contribution in [0, 0.1) is 0 Å². The summed E-state index contributed by atoms with van der Waals surface area (Å²) in [4.78, 5) is 37.4. The predicted molar refractivity (Wildman–Crippen MR) is 76.3 cm³/mol. The maximum Gasteiger partial charge on any atom is 0.337 e. The third-order valence-corrected chi connectivity index (χ3v) is 3.39. The van der Waals surface area contributed by atoms with Crippen molar-refractivity contribution in [3.05, 3.63) is 42.9 Å². The van der Waals surface area contributed by atoms with Crippen LogP contribution in [-0.2, 0) is 13.2 Å². The molecule has 114 valence electrons. The van der Waals surface area contributed by atoms with Crippen LogP contribution in [0.3, 0.4) is 0 Å². The SMILES string of the molecule is CCCCCCc1cc(=O)oc2[nH]c(=O)n(CF)c(=O)c12. The molecular weight excluding hydrogens is 279 g/mol. The number of nitrogens with zero attached hydrogens (tertiary/aromatic N) is 1. The first-order chi connectivity index (χ1) is 10.1. The molecule has 0 fully saturated rings. The van der Waals surface area contributed by atoms with Crippen LogP contribution in [0.4, 0.5) is 4.39 Å². The Kier molecular flexibility index (Phi) is 4.72. The molecule has 0 atom stereocenters. The van der Waals surface area contributed by atoms with Crippen LogP contribution in [0.15, 0.2) is 24.9 Å². The van der Waals surface area contributed by atoms with Crippen LogP contribution in [0.2, 0.25) is 0 Å². The predicted octanol–water partition coefficient (Wildman–Crippen LogP) is 1.69. The lowest BCUT2D eigenvalue weighted by Crippen LogP contribution is -2.35. The minimum atomic E-state index is -1.22. The van der Waals surface area contributed by atoms with Crippen molar-refractivity contribution in [3.63, 3.8) is 0 Å². The van der Waals surface area contributed by atoms with Gasteiger partial charge < -0.3 is 4.42 Å². The van der Waals surface area contributed by atoms with Gasteiger partial charge in [-0.25, -0.2) is 18.5 Å². The molecule has 0 aliphatic heterocycles. The highest BCUT2D eigenvalue weighted by Crippen LogP contribution is 2.13. The first-order valence-electron chi connectivity index (χ1n) is 6.94. The lowest BCUT2D eigenvalue weighted by Gasteiger charge is -2.06. The van der Waals surface area contributed by atoms with E-state index in [0.717, 1.165) is 25.7 Å². The maximum atomic E-state index is 12.8. The largest absolute Gasteiger partial charge is 0.405 e. The molecule has 0 radical (unpaired) electrons. The number of nitrogens with one attached hydrogen (secondary N) is 1. The van der Waals surface area contributed by atoms with E-state index in [-0.39, 0.29) is 11.1 Å². The Labute approximate surface area is 119 Å². The number of aromatic amines is 1. The van der Waals surface area contributed by atoms with E-state index >= 15 is 0 Å². The van der Waals surface area contributed by atoms with E-state index in [4.69, 9.17) is 4.42 Å². The number of H-pyrrole nitrogens is 1. The van der Waals surface area contributed by atoms with E-state index in [2.05, 4.69) is 11.9 Å². The molecule has 21 heavy (non-hydrogen) atoms. The van der Waals surface area contributed by atoms with Gasteiger partial charge in [-0.15, -0.1) is 0 Å². The van der Waals surface area contributed by atoms with Crippen molar-refractivity contribution in [2.75, 3.05) is 0 Å². The van der Waals surface area contributed by atoms with Crippen molar-refractivity contribution in [2.24, 2.45) is 0 Å². The average molecular weight is 296 g/mol. The summed E-state index contributed by atoms with van der Waals surface area (Å²) in [6.45, 7) is 0.857. The van der Waals surface area contributed by atoms with Gasteiger partial charge in [-0.1, -0.05) is 26.2 Å². The number of rotatable bonds is 6. The smallest absolute Gasteiger partial charge is 0.337 e. The van der Waals surface area contributed by atoms with Crippen LogP contribution < -0.4 is 16.9 Å². The number of unbranched alkanes of at least 4 members (excludes halogenated alkanes) is 3. The van der Waals surface area contributed by atoms with E-state index in [9.17, 15) is 18.8 Å². The fourth-order valence-electron chi connectivity index (χ4n) is 2.30. The first kappa shape index (κ1) is 15.2. The van der Waals surface area contributed by atoms with Gasteiger partial charge in [0.15, 0.2) is 6.80 Å². The fraction of sp³-hybridized carbons (Fsp3) is 0.500. The first-order valence-corrected chi connectivity index (χ1v) is 6.94. The van der Waals surface area contributed by atoms with Gasteiger partial charge in [-0.3, -0.25) is 9.78 Å². The van der Waals surface area contributed by atoms with Crippen LogP contribution in [0.5, 0.6) is 0 Å². The minimum absolute atomic E-state index is 0.0725. The Hall–Kier alpha value is -2.18. The Balaban J connectivity index is 2.56. The van der Waals surface area contributed by atoms with E-state index < -0.39 is 23.7 Å². The monoisotopic (exact) mass is 296 g/mol. The second-order valence-corrected chi connectivity index (χ2v) is 4.89. The van der Waals surface area contributed by atoms with Gasteiger partial charge in [0.25, 0.3) is 5.56 Å². The molecule has 2 aromatic heterocycles. The molecule has 2 rings (SSSR count). The fourth-order valence-corrected chi connectivity index (χ4v) is 2.30. The van der Waals surface area contributed by atoms with Crippen LogP contribution in [0.25, 0.3) is 11.1 Å². The molecule has 1 N–H and O–H groups in total. The molecule has 0 unspecified atom stereocenters. The second kappa shape index (κ2) is 6.51. The van der Waals surface area contributed by atoms with Gasteiger partial charge in [-0.2, -0.15) is 0 Å². The van der Waals surface area contributed by atoms with Crippen molar-refractivity contribution in [1.29, 1.82) is 0 Å². The van der Waals surface area contributed by atoms with Crippen molar-refractivity contribution in [3.8, 4) is 0 Å². The summed E-state index contributed by atoms with van der Waals surface area (Å²) < 4.78 is 18.1. The quantitative estimate of drug-likeness (QED) is 0.822. The second-order valence-electron chi connectivity index (χ2n) is 4.89. The standard InChI is InChI=1S/C14H17FN2O4/c1-2-3-4-5-6-9-7-10(18)21-12-11(9)13(19)17(8-15)14(20)16-12/h7H,2-6,8H2,1H3,(H,16,20). The summed E-state index contributed by atoms with van der Waals surface area (Å²) in [6.07, 6.45) is 4.42. The van der Waals surface area contributed by atoms with Gasteiger partial charge in [0, 0.05) is 6.07 Å². The number of alkyl halides is 1. The van der Waals surface area contributed by atoms with Crippen LogP contribution in [0.1, 0.15) is 38.2 Å². The molecule has 7 heteroatoms. The molecule has 0 aliphatic rings. The van der Waals surface area contributed by atoms with Gasteiger partial charge in [-0.05, 0) is 18.4 Å². The Bertz CT molecular complexity index is 803. The van der Waals surface area contributed by atoms with E-state index in [0.29, 0.717) is 16.6 Å². The third kappa shape index (κ3) is 3.12. The number of hydrogen-bond acceptors (Lipinski definition) is 4. The van der Waals surface area contributed by atoms with Crippen molar-refractivity contribution in [1.82, 2.24) is 9.55 Å². The van der Waals surface area contributed by atoms with E-state index in [1.807, 2.05) is 0 Å². The lowest BCUT2D eigenvalue weighted by atomic mass is 10.0. The molecule has 0 spiro atoms. The molecule has 0 saturated carbocycles. The Morgan fingerprint density at radius 1 is 1.24 bits per heavy atom.